The molecule has 0 fully saturated rings. The van der Waals surface area contributed by atoms with Crippen molar-refractivity contribution in [3.05, 3.63) is 137 Å². The Morgan fingerprint density at radius 3 is 1.78 bits per heavy atom. The number of ether oxygens (including phenoxy) is 1. The van der Waals surface area contributed by atoms with Crippen LogP contribution in [0.4, 0.5) is 26.3 Å². The Hall–Kier alpha value is -5.03. The third kappa shape index (κ3) is 7.04. The van der Waals surface area contributed by atoms with Crippen molar-refractivity contribution in [1.29, 1.82) is 5.26 Å². The summed E-state index contributed by atoms with van der Waals surface area (Å²) in [5.41, 5.74) is 1.21. The number of nitriles is 1. The largest absolute Gasteiger partial charge is 0.432 e. The molecule has 2 nitrogen and oxygen atoms in total. The minimum atomic E-state index is -4.33. The first-order valence-electron chi connectivity index (χ1n) is 14.3. The molecule has 0 aromatic heterocycles. The van der Waals surface area contributed by atoms with E-state index in [0.29, 0.717) is 16.7 Å². The van der Waals surface area contributed by atoms with Crippen LogP contribution in [0.2, 0.25) is 0 Å². The topological polar surface area (TPSA) is 33.0 Å². The zero-order valence-electron chi connectivity index (χ0n) is 24.2. The van der Waals surface area contributed by atoms with Crippen LogP contribution >= 0.6 is 0 Å². The highest BCUT2D eigenvalue weighted by Gasteiger charge is 2.41. The van der Waals surface area contributed by atoms with E-state index in [1.807, 2.05) is 12.1 Å². The molecule has 5 rings (SSSR count). The number of hydrogen-bond donors (Lipinski definition) is 0. The molecule has 0 spiro atoms. The normalized spacial score (nSPS) is 11.3. The standard InChI is InChI=1S/C37H27F6NO/c1-2-3-4-5-23-6-8-25(9-7-23)29-20-34(40)36(35(41)21-29)37(42,43)45-30-15-12-24(13-16-30)26-14-17-31(33(39)18-26)27-10-11-28(22-44)32(38)19-27/h6-21H,2-5H2,1H3. The molecule has 45 heavy (non-hydrogen) atoms. The van der Waals surface area contributed by atoms with Gasteiger partial charge in [0.05, 0.1) is 5.56 Å². The lowest BCUT2D eigenvalue weighted by Crippen LogP contribution is -2.25. The number of halogens is 6. The van der Waals surface area contributed by atoms with Crippen LogP contribution in [-0.2, 0) is 12.5 Å². The number of benzene rings is 5. The molecule has 5 aromatic rings. The third-order valence-electron chi connectivity index (χ3n) is 7.49. The van der Waals surface area contributed by atoms with Crippen molar-refractivity contribution in [3.8, 4) is 45.2 Å². The predicted octanol–water partition coefficient (Wildman–Crippen LogP) is 11.0. The van der Waals surface area contributed by atoms with Crippen molar-refractivity contribution in [2.75, 3.05) is 0 Å². The van der Waals surface area contributed by atoms with Crippen molar-refractivity contribution < 1.29 is 31.1 Å². The van der Waals surface area contributed by atoms with Gasteiger partial charge in [-0.25, -0.2) is 17.6 Å². The molecule has 0 unspecified atom stereocenters. The van der Waals surface area contributed by atoms with Crippen LogP contribution in [0.5, 0.6) is 5.75 Å². The van der Waals surface area contributed by atoms with E-state index in [-0.39, 0.29) is 28.0 Å². The molecule has 0 aliphatic carbocycles. The van der Waals surface area contributed by atoms with E-state index in [1.54, 1.807) is 24.3 Å². The van der Waals surface area contributed by atoms with Gasteiger partial charge in [-0.3, -0.25) is 0 Å². The molecular weight excluding hydrogens is 588 g/mol. The molecule has 0 atom stereocenters. The molecule has 0 radical (unpaired) electrons. The summed E-state index contributed by atoms with van der Waals surface area (Å²) in [4.78, 5) is 0. The van der Waals surface area contributed by atoms with Crippen LogP contribution < -0.4 is 4.74 Å². The first-order valence-corrected chi connectivity index (χ1v) is 14.3. The summed E-state index contributed by atoms with van der Waals surface area (Å²) in [6.07, 6.45) is -0.235. The van der Waals surface area contributed by atoms with Gasteiger partial charge in [0.1, 0.15) is 40.7 Å². The van der Waals surface area contributed by atoms with Crippen LogP contribution in [0, 0.1) is 34.6 Å². The number of unbranched alkanes of at least 4 members (excludes halogenated alkanes) is 2. The molecule has 8 heteroatoms. The molecular formula is C37H27F6NO. The zero-order chi connectivity index (χ0) is 32.1. The number of alkyl halides is 2. The van der Waals surface area contributed by atoms with Gasteiger partial charge in [-0.1, -0.05) is 74.4 Å². The van der Waals surface area contributed by atoms with Gasteiger partial charge < -0.3 is 4.74 Å². The van der Waals surface area contributed by atoms with Gasteiger partial charge in [0.2, 0.25) is 0 Å². The third-order valence-corrected chi connectivity index (χ3v) is 7.49. The highest BCUT2D eigenvalue weighted by molar-refractivity contribution is 5.72. The van der Waals surface area contributed by atoms with E-state index in [4.69, 9.17) is 10.00 Å². The average Bonchev–Trinajstić information content (AvgIpc) is 3.01. The van der Waals surface area contributed by atoms with Crippen LogP contribution in [-0.4, -0.2) is 0 Å². The molecule has 0 bridgehead atoms. The Labute approximate surface area is 257 Å². The minimum Gasteiger partial charge on any atom is -0.429 e. The summed E-state index contributed by atoms with van der Waals surface area (Å²) >= 11 is 0. The molecule has 0 N–H and O–H groups in total. The molecule has 5 aromatic carbocycles. The molecule has 0 aliphatic rings. The summed E-state index contributed by atoms with van der Waals surface area (Å²) in [6.45, 7) is 2.11. The second kappa shape index (κ2) is 13.3. The van der Waals surface area contributed by atoms with E-state index in [9.17, 15) is 17.6 Å². The van der Waals surface area contributed by atoms with Crippen LogP contribution in [0.1, 0.15) is 42.9 Å². The predicted molar refractivity (Wildman–Crippen MR) is 161 cm³/mol. The Balaban J connectivity index is 1.31. The fourth-order valence-corrected chi connectivity index (χ4v) is 5.08. The van der Waals surface area contributed by atoms with E-state index in [0.717, 1.165) is 49.4 Å². The summed E-state index contributed by atoms with van der Waals surface area (Å²) in [5, 5.41) is 8.89. The number of rotatable bonds is 10. The fraction of sp³-hybridized carbons (Fsp3) is 0.162. The summed E-state index contributed by atoms with van der Waals surface area (Å²) in [5.74, 6) is -4.70. The zero-order valence-corrected chi connectivity index (χ0v) is 24.2. The number of nitrogens with zero attached hydrogens (tertiary/aromatic N) is 1. The van der Waals surface area contributed by atoms with E-state index in [1.165, 1.54) is 48.5 Å². The van der Waals surface area contributed by atoms with Crippen molar-refractivity contribution in [2.24, 2.45) is 0 Å². The number of aryl methyl sites for hydroxylation is 1. The highest BCUT2D eigenvalue weighted by Crippen LogP contribution is 2.38. The lowest BCUT2D eigenvalue weighted by Gasteiger charge is -2.20. The molecule has 228 valence electrons. The SMILES string of the molecule is CCCCCc1ccc(-c2cc(F)c(C(F)(F)Oc3ccc(-c4ccc(-c5ccc(C#N)c(F)c5)c(F)c4)cc3)c(F)c2)cc1. The maximum Gasteiger partial charge on any atom is 0.432 e. The Morgan fingerprint density at radius 2 is 1.18 bits per heavy atom. The molecule has 0 amide bonds. The average molecular weight is 616 g/mol. The first-order chi connectivity index (χ1) is 21.6. The van der Waals surface area contributed by atoms with Crippen LogP contribution in [0.25, 0.3) is 33.4 Å². The second-order valence-corrected chi connectivity index (χ2v) is 10.6. The van der Waals surface area contributed by atoms with Crippen molar-refractivity contribution in [3.63, 3.8) is 0 Å². The van der Waals surface area contributed by atoms with Gasteiger partial charge in [-0.05, 0) is 88.7 Å². The van der Waals surface area contributed by atoms with Crippen LogP contribution in [0.3, 0.4) is 0 Å². The maximum absolute atomic E-state index is 15.1. The van der Waals surface area contributed by atoms with Crippen molar-refractivity contribution in [1.82, 2.24) is 0 Å². The van der Waals surface area contributed by atoms with E-state index < -0.39 is 34.9 Å². The fourth-order valence-electron chi connectivity index (χ4n) is 5.08. The summed E-state index contributed by atoms with van der Waals surface area (Å²) in [7, 11) is 0. The van der Waals surface area contributed by atoms with Gasteiger partial charge >= 0.3 is 6.11 Å². The van der Waals surface area contributed by atoms with E-state index in [2.05, 4.69) is 6.92 Å². The van der Waals surface area contributed by atoms with Crippen LogP contribution in [0.15, 0.2) is 97.1 Å². The highest BCUT2D eigenvalue weighted by atomic mass is 19.3. The van der Waals surface area contributed by atoms with Crippen molar-refractivity contribution >= 4 is 0 Å². The monoisotopic (exact) mass is 615 g/mol. The van der Waals surface area contributed by atoms with Gasteiger partial charge in [-0.2, -0.15) is 14.0 Å². The number of hydrogen-bond acceptors (Lipinski definition) is 2. The molecule has 0 saturated heterocycles. The Morgan fingerprint density at radius 1 is 0.622 bits per heavy atom. The minimum absolute atomic E-state index is 0.108. The molecule has 0 saturated carbocycles. The molecule has 0 heterocycles. The lowest BCUT2D eigenvalue weighted by molar-refractivity contribution is -0.189. The second-order valence-electron chi connectivity index (χ2n) is 10.6. The molecule has 0 aliphatic heterocycles. The maximum atomic E-state index is 15.1. The Bertz CT molecular complexity index is 1840. The van der Waals surface area contributed by atoms with E-state index >= 15 is 8.78 Å². The lowest BCUT2D eigenvalue weighted by atomic mass is 9.98. The summed E-state index contributed by atoms with van der Waals surface area (Å²) in [6, 6.07) is 23.6. The van der Waals surface area contributed by atoms with Gasteiger partial charge in [0, 0.05) is 5.56 Å². The van der Waals surface area contributed by atoms with Gasteiger partial charge in [0.15, 0.2) is 0 Å². The van der Waals surface area contributed by atoms with Gasteiger partial charge in [-0.15, -0.1) is 0 Å². The Kier molecular flexibility index (Phi) is 9.29. The van der Waals surface area contributed by atoms with Crippen molar-refractivity contribution in [2.45, 2.75) is 38.7 Å². The van der Waals surface area contributed by atoms with Gasteiger partial charge in [0.25, 0.3) is 0 Å². The first kappa shape index (κ1) is 31.4. The summed E-state index contributed by atoms with van der Waals surface area (Å²) < 4.78 is 93.7. The smallest absolute Gasteiger partial charge is 0.429 e. The quantitative estimate of drug-likeness (QED) is 0.116.